The fourth-order valence-electron chi connectivity index (χ4n) is 3.05. The van der Waals surface area contributed by atoms with Crippen LogP contribution in [0.2, 0.25) is 0 Å². The fraction of sp³-hybridized carbons (Fsp3) is 0.600. The van der Waals surface area contributed by atoms with Gasteiger partial charge in [0.15, 0.2) is 5.96 Å². The lowest BCUT2D eigenvalue weighted by molar-refractivity contribution is -0.131. The zero-order valence-electron chi connectivity index (χ0n) is 17.3. The van der Waals surface area contributed by atoms with Gasteiger partial charge in [-0.05, 0) is 37.6 Å². The number of hydrogen-bond donors (Lipinski definition) is 2. The molecule has 0 bridgehead atoms. The highest BCUT2D eigenvalue weighted by atomic mass is 127. The summed E-state index contributed by atoms with van der Waals surface area (Å²) in [5, 5.41) is 6.39. The molecule has 1 aromatic carbocycles. The molecule has 0 unspecified atom stereocenters. The van der Waals surface area contributed by atoms with Crippen molar-refractivity contribution in [3.8, 4) is 0 Å². The van der Waals surface area contributed by atoms with Gasteiger partial charge in [-0.15, -0.1) is 24.0 Å². The van der Waals surface area contributed by atoms with E-state index < -0.39 is 0 Å². The second-order valence-corrected chi connectivity index (χ2v) is 6.63. The second kappa shape index (κ2) is 14.4. The van der Waals surface area contributed by atoms with Gasteiger partial charge >= 0.3 is 0 Å². The first kappa shape index (κ1) is 25.4. The van der Waals surface area contributed by atoms with Gasteiger partial charge in [0.25, 0.3) is 0 Å². The van der Waals surface area contributed by atoms with E-state index in [1.165, 1.54) is 12.1 Å². The maximum Gasteiger partial charge on any atom is 0.224 e. The van der Waals surface area contributed by atoms with Crippen molar-refractivity contribution < 1.29 is 13.9 Å². The number of nitrogens with one attached hydrogen (secondary N) is 2. The zero-order valence-corrected chi connectivity index (χ0v) is 19.7. The molecule has 0 saturated carbocycles. The minimum Gasteiger partial charge on any atom is -0.385 e. The molecule has 2 rings (SSSR count). The molecule has 7 nitrogen and oxygen atoms in total. The number of aliphatic imine (C=N–C) groups is 1. The summed E-state index contributed by atoms with van der Waals surface area (Å²) in [6, 6.07) is 6.50. The van der Waals surface area contributed by atoms with Gasteiger partial charge in [-0.3, -0.25) is 9.79 Å². The zero-order chi connectivity index (χ0) is 20.2. The van der Waals surface area contributed by atoms with Crippen LogP contribution in [-0.4, -0.2) is 76.3 Å². The van der Waals surface area contributed by atoms with Crippen LogP contribution < -0.4 is 15.5 Å². The lowest BCUT2D eigenvalue weighted by atomic mass is 10.2. The van der Waals surface area contributed by atoms with E-state index in [4.69, 9.17) is 4.74 Å². The number of carbonyl (C=O) groups is 1. The molecule has 1 fully saturated rings. The van der Waals surface area contributed by atoms with E-state index in [9.17, 15) is 9.18 Å². The van der Waals surface area contributed by atoms with Crippen LogP contribution in [0.5, 0.6) is 0 Å². The number of hydrogen-bond acceptors (Lipinski definition) is 4. The number of guanidine groups is 1. The molecule has 0 radical (unpaired) electrons. The molecule has 1 aliphatic rings. The van der Waals surface area contributed by atoms with Gasteiger partial charge < -0.3 is 25.2 Å². The van der Waals surface area contributed by atoms with E-state index in [0.29, 0.717) is 39.2 Å². The first-order valence-electron chi connectivity index (χ1n) is 9.93. The van der Waals surface area contributed by atoms with Crippen LogP contribution in [0.25, 0.3) is 0 Å². The molecule has 0 spiro atoms. The Balaban J connectivity index is 0.00000420. The molecule has 0 aliphatic carbocycles. The van der Waals surface area contributed by atoms with E-state index in [0.717, 1.165) is 37.7 Å². The van der Waals surface area contributed by atoms with Crippen molar-refractivity contribution in [2.75, 3.05) is 64.4 Å². The summed E-state index contributed by atoms with van der Waals surface area (Å²) in [5.41, 5.74) is 0.995. The Labute approximate surface area is 190 Å². The summed E-state index contributed by atoms with van der Waals surface area (Å²) >= 11 is 0. The normalized spacial score (nSPS) is 14.4. The number of halogens is 2. The van der Waals surface area contributed by atoms with Gasteiger partial charge in [0.05, 0.1) is 0 Å². The number of piperazine rings is 1. The number of benzene rings is 1. The number of rotatable bonds is 9. The van der Waals surface area contributed by atoms with Crippen molar-refractivity contribution in [1.29, 1.82) is 0 Å². The molecule has 1 aliphatic heterocycles. The van der Waals surface area contributed by atoms with Gasteiger partial charge in [0, 0.05) is 71.6 Å². The summed E-state index contributed by atoms with van der Waals surface area (Å²) in [6.45, 7) is 7.58. The van der Waals surface area contributed by atoms with Crippen LogP contribution in [0.4, 0.5) is 10.1 Å². The smallest absolute Gasteiger partial charge is 0.224 e. The van der Waals surface area contributed by atoms with E-state index in [1.54, 1.807) is 19.2 Å². The Hall–Kier alpha value is -1.62. The minimum absolute atomic E-state index is 0. The molecular formula is C20H33FIN5O2. The molecule has 0 aromatic heterocycles. The van der Waals surface area contributed by atoms with Gasteiger partial charge in [0.1, 0.15) is 5.82 Å². The monoisotopic (exact) mass is 521 g/mol. The molecule has 9 heteroatoms. The molecule has 1 saturated heterocycles. The third kappa shape index (κ3) is 9.16. The topological polar surface area (TPSA) is 69.2 Å². The van der Waals surface area contributed by atoms with Crippen molar-refractivity contribution in [3.05, 3.63) is 30.1 Å². The molecular weight excluding hydrogens is 488 g/mol. The first-order valence-corrected chi connectivity index (χ1v) is 9.93. The van der Waals surface area contributed by atoms with Crippen molar-refractivity contribution >= 4 is 41.5 Å². The van der Waals surface area contributed by atoms with Gasteiger partial charge in [-0.1, -0.05) is 0 Å². The van der Waals surface area contributed by atoms with E-state index >= 15 is 0 Å². The third-order valence-corrected chi connectivity index (χ3v) is 4.58. The Bertz CT molecular complexity index is 622. The Morgan fingerprint density at radius 2 is 1.86 bits per heavy atom. The largest absolute Gasteiger partial charge is 0.385 e. The number of carbonyl (C=O) groups excluding carboxylic acids is 1. The number of anilines is 1. The van der Waals surface area contributed by atoms with Crippen LogP contribution in [0.3, 0.4) is 0 Å². The van der Waals surface area contributed by atoms with Crippen molar-refractivity contribution in [2.45, 2.75) is 19.8 Å². The number of nitrogens with zero attached hydrogens (tertiary/aromatic N) is 3. The number of amides is 1. The SMILES string of the molecule is CCNC(=NCCCOC)NCCC(=O)N1CCN(c2ccc(F)cc2)CC1.I. The average molecular weight is 521 g/mol. The molecule has 2 N–H and O–H groups in total. The van der Waals surface area contributed by atoms with Gasteiger partial charge in [0.2, 0.25) is 5.91 Å². The van der Waals surface area contributed by atoms with Crippen LogP contribution in [-0.2, 0) is 9.53 Å². The standard InChI is InChI=1S/C20H32FN5O2.HI/c1-3-22-20(23-10-4-16-28-2)24-11-9-19(27)26-14-12-25(13-15-26)18-7-5-17(21)6-8-18;/h5-8H,3-4,9-16H2,1-2H3,(H2,22,23,24);1H. The maximum absolute atomic E-state index is 13.1. The lowest BCUT2D eigenvalue weighted by Crippen LogP contribution is -2.49. The number of methoxy groups -OCH3 is 1. The van der Waals surface area contributed by atoms with Crippen LogP contribution in [0, 0.1) is 5.82 Å². The summed E-state index contributed by atoms with van der Waals surface area (Å²) < 4.78 is 18.1. The molecule has 1 heterocycles. The van der Waals surface area contributed by atoms with Crippen LogP contribution >= 0.6 is 24.0 Å². The maximum atomic E-state index is 13.1. The predicted molar refractivity (Wildman–Crippen MR) is 126 cm³/mol. The predicted octanol–water partition coefficient (Wildman–Crippen LogP) is 2.07. The fourth-order valence-corrected chi connectivity index (χ4v) is 3.05. The number of ether oxygens (including phenoxy) is 1. The molecule has 0 atom stereocenters. The van der Waals surface area contributed by atoms with E-state index in [-0.39, 0.29) is 35.7 Å². The van der Waals surface area contributed by atoms with Crippen molar-refractivity contribution in [1.82, 2.24) is 15.5 Å². The second-order valence-electron chi connectivity index (χ2n) is 6.63. The molecule has 164 valence electrons. The molecule has 29 heavy (non-hydrogen) atoms. The Morgan fingerprint density at radius 1 is 1.17 bits per heavy atom. The van der Waals surface area contributed by atoms with Gasteiger partial charge in [-0.25, -0.2) is 4.39 Å². The Morgan fingerprint density at radius 3 is 2.48 bits per heavy atom. The Kier molecular flexibility index (Phi) is 12.6. The highest BCUT2D eigenvalue weighted by molar-refractivity contribution is 14.0. The summed E-state index contributed by atoms with van der Waals surface area (Å²) in [4.78, 5) is 21.0. The van der Waals surface area contributed by atoms with Crippen molar-refractivity contribution in [3.63, 3.8) is 0 Å². The molecule has 1 amide bonds. The van der Waals surface area contributed by atoms with Crippen LogP contribution in [0.1, 0.15) is 19.8 Å². The van der Waals surface area contributed by atoms with E-state index in [2.05, 4.69) is 20.5 Å². The lowest BCUT2D eigenvalue weighted by Gasteiger charge is -2.36. The minimum atomic E-state index is -0.232. The summed E-state index contributed by atoms with van der Waals surface area (Å²) in [6.07, 6.45) is 1.30. The highest BCUT2D eigenvalue weighted by Crippen LogP contribution is 2.17. The quantitative estimate of drug-likeness (QED) is 0.226. The van der Waals surface area contributed by atoms with Crippen molar-refractivity contribution in [2.24, 2.45) is 4.99 Å². The average Bonchev–Trinajstić information content (AvgIpc) is 2.72. The molecule has 1 aromatic rings. The summed E-state index contributed by atoms with van der Waals surface area (Å²) in [5.74, 6) is 0.637. The summed E-state index contributed by atoms with van der Waals surface area (Å²) in [7, 11) is 1.68. The third-order valence-electron chi connectivity index (χ3n) is 4.58. The van der Waals surface area contributed by atoms with E-state index in [1.807, 2.05) is 11.8 Å². The first-order chi connectivity index (χ1) is 13.6. The van der Waals surface area contributed by atoms with Crippen LogP contribution in [0.15, 0.2) is 29.3 Å². The van der Waals surface area contributed by atoms with Gasteiger partial charge in [-0.2, -0.15) is 0 Å². The highest BCUT2D eigenvalue weighted by Gasteiger charge is 2.21.